The summed E-state index contributed by atoms with van der Waals surface area (Å²) in [4.78, 5) is 21.7. The van der Waals surface area contributed by atoms with Gasteiger partial charge in [-0.2, -0.15) is 13.2 Å². The smallest absolute Gasteiger partial charge is 0.491 e. The van der Waals surface area contributed by atoms with Crippen LogP contribution < -0.4 is 10.1 Å². The molecule has 0 saturated carbocycles. The maximum Gasteiger partial charge on any atom is 0.491 e. The lowest BCUT2D eigenvalue weighted by Crippen LogP contribution is -2.29. The van der Waals surface area contributed by atoms with Crippen LogP contribution in [0.3, 0.4) is 0 Å². The molecule has 2 rings (SSSR count). The Hall–Kier alpha value is -2.87. The van der Waals surface area contributed by atoms with Crippen LogP contribution in [0.5, 0.6) is 5.75 Å². The first-order valence-electron chi connectivity index (χ1n) is 10.1. The van der Waals surface area contributed by atoms with Crippen molar-refractivity contribution in [3.05, 3.63) is 65.7 Å². The Bertz CT molecular complexity index is 808. The zero-order valence-electron chi connectivity index (χ0n) is 17.1. The van der Waals surface area contributed by atoms with Gasteiger partial charge in [0.1, 0.15) is 5.75 Å². The second-order valence-corrected chi connectivity index (χ2v) is 6.94. The van der Waals surface area contributed by atoms with Crippen LogP contribution in [0.15, 0.2) is 54.6 Å². The van der Waals surface area contributed by atoms with E-state index in [1.54, 1.807) is 0 Å². The predicted octanol–water partition coefficient (Wildman–Crippen LogP) is 4.24. The van der Waals surface area contributed by atoms with Crippen molar-refractivity contribution in [2.45, 2.75) is 38.3 Å². The summed E-state index contributed by atoms with van der Waals surface area (Å²) in [7, 11) is 0. The van der Waals surface area contributed by atoms with E-state index in [-0.39, 0.29) is 13.0 Å². The Morgan fingerprint density at radius 1 is 0.839 bits per heavy atom. The highest BCUT2D eigenvalue weighted by Gasteiger charge is 2.42. The van der Waals surface area contributed by atoms with Crippen LogP contribution in [-0.4, -0.2) is 37.8 Å². The number of benzene rings is 2. The van der Waals surface area contributed by atoms with E-state index in [1.807, 2.05) is 42.5 Å². The highest BCUT2D eigenvalue weighted by Crippen LogP contribution is 2.17. The Balaban J connectivity index is 1.53. The van der Waals surface area contributed by atoms with Gasteiger partial charge in [-0.25, -0.2) is 4.79 Å². The highest BCUT2D eigenvalue weighted by molar-refractivity contribution is 5.88. The molecule has 168 valence electrons. The van der Waals surface area contributed by atoms with Crippen molar-refractivity contribution in [1.29, 1.82) is 0 Å². The molecule has 0 fully saturated rings. The molecule has 1 N–H and O–H groups in total. The molecule has 8 heteroatoms. The van der Waals surface area contributed by atoms with Gasteiger partial charge in [0, 0.05) is 6.54 Å². The summed E-state index contributed by atoms with van der Waals surface area (Å²) in [6.07, 6.45) is -1.96. The fraction of sp³-hybridized carbons (Fsp3) is 0.391. The van der Waals surface area contributed by atoms with Gasteiger partial charge < -0.3 is 14.8 Å². The molecule has 2 aromatic carbocycles. The third-order valence-electron chi connectivity index (χ3n) is 4.41. The number of nitrogens with one attached hydrogen (secondary N) is 1. The molecule has 0 bridgehead atoms. The van der Waals surface area contributed by atoms with E-state index in [1.165, 1.54) is 5.56 Å². The standard InChI is InChI=1S/C23H26F3NO4/c24-23(25,26)22(29)31-21(28)14-16-27-15-4-8-19-10-12-20(13-11-19)30-17-5-9-18-6-2-1-3-7-18/h1-3,6-7,10-13,27H,4-5,8-9,14-17H2. The summed E-state index contributed by atoms with van der Waals surface area (Å²) in [5.74, 6) is -2.86. The molecular weight excluding hydrogens is 411 g/mol. The number of rotatable bonds is 12. The summed E-state index contributed by atoms with van der Waals surface area (Å²) in [5.41, 5.74) is 2.43. The highest BCUT2D eigenvalue weighted by atomic mass is 19.4. The van der Waals surface area contributed by atoms with Crippen molar-refractivity contribution in [3.63, 3.8) is 0 Å². The lowest BCUT2D eigenvalue weighted by atomic mass is 10.1. The van der Waals surface area contributed by atoms with Gasteiger partial charge in [0.25, 0.3) is 0 Å². The Morgan fingerprint density at radius 3 is 2.16 bits per heavy atom. The first-order chi connectivity index (χ1) is 14.8. The van der Waals surface area contributed by atoms with Crippen LogP contribution in [0.25, 0.3) is 0 Å². The van der Waals surface area contributed by atoms with E-state index in [9.17, 15) is 22.8 Å². The Morgan fingerprint density at radius 2 is 1.48 bits per heavy atom. The summed E-state index contributed by atoms with van der Waals surface area (Å²) in [6, 6.07) is 18.1. The van der Waals surface area contributed by atoms with Crippen LogP contribution >= 0.6 is 0 Å². The molecule has 0 amide bonds. The minimum absolute atomic E-state index is 0.139. The number of hydrogen-bond donors (Lipinski definition) is 1. The number of esters is 2. The van der Waals surface area contributed by atoms with E-state index in [2.05, 4.69) is 22.2 Å². The van der Waals surface area contributed by atoms with Gasteiger partial charge in [0.2, 0.25) is 0 Å². The van der Waals surface area contributed by atoms with Crippen molar-refractivity contribution in [2.24, 2.45) is 0 Å². The maximum absolute atomic E-state index is 12.0. The fourth-order valence-corrected chi connectivity index (χ4v) is 2.81. The summed E-state index contributed by atoms with van der Waals surface area (Å²) < 4.78 is 45.4. The van der Waals surface area contributed by atoms with Crippen molar-refractivity contribution in [1.82, 2.24) is 5.32 Å². The number of ether oxygens (including phenoxy) is 2. The van der Waals surface area contributed by atoms with E-state index in [0.29, 0.717) is 13.2 Å². The number of alkyl halides is 3. The summed E-state index contributed by atoms with van der Waals surface area (Å²) in [5, 5.41) is 2.94. The van der Waals surface area contributed by atoms with Crippen molar-refractivity contribution in [3.8, 4) is 5.75 Å². The molecule has 0 spiro atoms. The lowest BCUT2D eigenvalue weighted by molar-refractivity contribution is -0.201. The van der Waals surface area contributed by atoms with Crippen LogP contribution in [0, 0.1) is 0 Å². The number of halogens is 3. The Labute approximate surface area is 179 Å². The summed E-state index contributed by atoms with van der Waals surface area (Å²) in [6.45, 7) is 1.37. The van der Waals surface area contributed by atoms with Gasteiger partial charge in [0.05, 0.1) is 13.0 Å². The first kappa shape index (κ1) is 24.4. The molecule has 0 aromatic heterocycles. The van der Waals surface area contributed by atoms with Gasteiger partial charge in [-0.15, -0.1) is 0 Å². The molecule has 0 atom stereocenters. The molecular formula is C23H26F3NO4. The SMILES string of the molecule is O=C(CCNCCCc1ccc(OCCCc2ccccc2)cc1)OC(=O)C(F)(F)F. The minimum atomic E-state index is -5.16. The van der Waals surface area contributed by atoms with E-state index in [4.69, 9.17) is 4.74 Å². The molecule has 2 aromatic rings. The Kier molecular flexibility index (Phi) is 10.0. The largest absolute Gasteiger partial charge is 0.494 e. The topological polar surface area (TPSA) is 64.6 Å². The normalized spacial score (nSPS) is 11.2. The molecule has 0 saturated heterocycles. The zero-order chi connectivity index (χ0) is 22.5. The predicted molar refractivity (Wildman–Crippen MR) is 110 cm³/mol. The van der Waals surface area contributed by atoms with Crippen LogP contribution in [0.1, 0.15) is 30.4 Å². The number of carbonyl (C=O) groups is 2. The third kappa shape index (κ3) is 10.1. The maximum atomic E-state index is 12.0. The van der Waals surface area contributed by atoms with Crippen LogP contribution in [0.4, 0.5) is 13.2 Å². The van der Waals surface area contributed by atoms with Crippen molar-refractivity contribution < 1.29 is 32.2 Å². The molecule has 5 nitrogen and oxygen atoms in total. The zero-order valence-corrected chi connectivity index (χ0v) is 17.1. The molecule has 0 aliphatic rings. The molecule has 0 heterocycles. The molecule has 31 heavy (non-hydrogen) atoms. The average Bonchev–Trinajstić information content (AvgIpc) is 2.74. The van der Waals surface area contributed by atoms with Gasteiger partial charge in [-0.05, 0) is 55.5 Å². The van der Waals surface area contributed by atoms with E-state index >= 15 is 0 Å². The molecule has 0 aliphatic heterocycles. The van der Waals surface area contributed by atoms with E-state index in [0.717, 1.165) is 37.0 Å². The van der Waals surface area contributed by atoms with E-state index < -0.39 is 18.1 Å². The van der Waals surface area contributed by atoms with Crippen molar-refractivity contribution in [2.75, 3.05) is 19.7 Å². The quantitative estimate of drug-likeness (QED) is 0.306. The van der Waals surface area contributed by atoms with Gasteiger partial charge in [-0.1, -0.05) is 42.5 Å². The average molecular weight is 437 g/mol. The second-order valence-electron chi connectivity index (χ2n) is 6.94. The van der Waals surface area contributed by atoms with Gasteiger partial charge >= 0.3 is 18.1 Å². The molecule has 0 aliphatic carbocycles. The lowest BCUT2D eigenvalue weighted by Gasteiger charge is -2.08. The number of carbonyl (C=O) groups excluding carboxylic acids is 2. The van der Waals surface area contributed by atoms with Crippen LogP contribution in [0.2, 0.25) is 0 Å². The molecule has 0 radical (unpaired) electrons. The minimum Gasteiger partial charge on any atom is -0.494 e. The van der Waals surface area contributed by atoms with Crippen molar-refractivity contribution >= 4 is 11.9 Å². The fourth-order valence-electron chi connectivity index (χ4n) is 2.81. The van der Waals surface area contributed by atoms with Gasteiger partial charge in [-0.3, -0.25) is 4.79 Å². The summed E-state index contributed by atoms with van der Waals surface area (Å²) >= 11 is 0. The number of aryl methyl sites for hydroxylation is 2. The third-order valence-corrected chi connectivity index (χ3v) is 4.41. The van der Waals surface area contributed by atoms with Crippen LogP contribution in [-0.2, 0) is 27.2 Å². The molecule has 0 unspecified atom stereocenters. The first-order valence-corrected chi connectivity index (χ1v) is 10.1. The number of hydrogen-bond acceptors (Lipinski definition) is 5. The second kappa shape index (κ2) is 12.7. The van der Waals surface area contributed by atoms with Gasteiger partial charge in [0.15, 0.2) is 0 Å². The monoisotopic (exact) mass is 437 g/mol.